The molecule has 0 aliphatic rings. The average molecular weight is 449 g/mol. The lowest BCUT2D eigenvalue weighted by Gasteiger charge is -2.18. The van der Waals surface area contributed by atoms with Crippen molar-refractivity contribution in [3.05, 3.63) is 64.0 Å². The van der Waals surface area contributed by atoms with Gasteiger partial charge in [0.2, 0.25) is 0 Å². The van der Waals surface area contributed by atoms with Crippen LogP contribution in [-0.2, 0) is 0 Å². The van der Waals surface area contributed by atoms with E-state index in [0.717, 1.165) is 65.4 Å². The van der Waals surface area contributed by atoms with Crippen molar-refractivity contribution in [1.29, 1.82) is 0 Å². The molecule has 0 aromatic heterocycles. The molecule has 182 valence electrons. The van der Waals surface area contributed by atoms with Crippen molar-refractivity contribution in [2.24, 2.45) is 0 Å². The Morgan fingerprint density at radius 3 is 1.45 bits per heavy atom. The Balaban J connectivity index is 0. The van der Waals surface area contributed by atoms with E-state index in [4.69, 9.17) is 0 Å². The van der Waals surface area contributed by atoms with E-state index in [2.05, 4.69) is 45.4 Å². The summed E-state index contributed by atoms with van der Waals surface area (Å²) in [7, 11) is 0. The van der Waals surface area contributed by atoms with Crippen LogP contribution in [0, 0.1) is 13.8 Å². The lowest BCUT2D eigenvalue weighted by molar-refractivity contribution is 0.481. The van der Waals surface area contributed by atoms with Crippen molar-refractivity contribution in [3.8, 4) is 5.75 Å². The maximum atomic E-state index is 10.8. The van der Waals surface area contributed by atoms with Crippen molar-refractivity contribution < 1.29 is 5.11 Å². The van der Waals surface area contributed by atoms with Crippen molar-refractivity contribution in [1.82, 2.24) is 0 Å². The largest absolute Gasteiger partial charge is 0.507 e. The van der Waals surface area contributed by atoms with Crippen LogP contribution in [0.4, 0.5) is 0 Å². The van der Waals surface area contributed by atoms with Crippen molar-refractivity contribution in [3.63, 3.8) is 0 Å². The molecule has 0 heterocycles. The Morgan fingerprint density at radius 1 is 0.636 bits per heavy atom. The summed E-state index contributed by atoms with van der Waals surface area (Å²) in [4.78, 5) is 0. The fraction of sp³-hybridized carbons (Fsp3) is 0.375. The number of rotatable bonds is 2. The molecule has 33 heavy (non-hydrogen) atoms. The van der Waals surface area contributed by atoms with E-state index in [1.165, 1.54) is 0 Å². The second-order valence-corrected chi connectivity index (χ2v) is 7.04. The monoisotopic (exact) mass is 448 g/mol. The number of allylic oxidation sites excluding steroid dienone is 2. The standard InChI is InChI=1S/C24H24O.4C2H6/c1-12(2)20-14(5)9-10-18-22(20)16(7)17(8)23-21(13(3)4)15(6)11-19(25)24(18)23;4*1-2/h9-11,25H,1,3,7-8H2,2,4-6H3;4*1-2H3. The lowest BCUT2D eigenvalue weighted by atomic mass is 9.86. The summed E-state index contributed by atoms with van der Waals surface area (Å²) < 4.78 is 0. The summed E-state index contributed by atoms with van der Waals surface area (Å²) in [5.41, 5.74) is 6.22. The highest BCUT2D eigenvalue weighted by Crippen LogP contribution is 2.37. The molecule has 1 N–H and O–H groups in total. The Hall–Kier alpha value is -2.80. The van der Waals surface area contributed by atoms with Crippen LogP contribution in [0.3, 0.4) is 0 Å². The van der Waals surface area contributed by atoms with Gasteiger partial charge in [-0.05, 0) is 77.2 Å². The van der Waals surface area contributed by atoms with Gasteiger partial charge in [0.25, 0.3) is 0 Å². The van der Waals surface area contributed by atoms with Gasteiger partial charge in [-0.3, -0.25) is 0 Å². The summed E-state index contributed by atoms with van der Waals surface area (Å²) in [6.45, 7) is 41.0. The third kappa shape index (κ3) is 6.38. The molecular formula is C32H48O. The third-order valence-electron chi connectivity index (χ3n) is 5.01. The number of benzene rings is 3. The van der Waals surface area contributed by atoms with E-state index in [1.54, 1.807) is 0 Å². The molecule has 0 aliphatic heterocycles. The second kappa shape index (κ2) is 15.1. The Kier molecular flexibility index (Phi) is 14.8. The molecule has 1 nitrogen and oxygen atoms in total. The zero-order valence-electron chi connectivity index (χ0n) is 23.5. The van der Waals surface area contributed by atoms with Crippen LogP contribution < -0.4 is 10.4 Å². The minimum absolute atomic E-state index is 0.268. The number of phenols is 1. The maximum Gasteiger partial charge on any atom is 0.124 e. The first-order chi connectivity index (χ1) is 15.7. The molecule has 0 saturated heterocycles. The van der Waals surface area contributed by atoms with Gasteiger partial charge in [-0.2, -0.15) is 0 Å². The van der Waals surface area contributed by atoms with Crippen molar-refractivity contribution in [2.45, 2.75) is 83.1 Å². The van der Waals surface area contributed by atoms with Gasteiger partial charge < -0.3 is 5.11 Å². The zero-order chi connectivity index (χ0) is 26.6. The average Bonchev–Trinajstić information content (AvgIpc) is 2.81. The smallest absolute Gasteiger partial charge is 0.124 e. The van der Waals surface area contributed by atoms with E-state index in [-0.39, 0.29) is 5.75 Å². The first-order valence-corrected chi connectivity index (χ1v) is 12.4. The summed E-state index contributed by atoms with van der Waals surface area (Å²) in [6, 6.07) is 5.95. The van der Waals surface area contributed by atoms with E-state index in [1.807, 2.05) is 82.2 Å². The topological polar surface area (TPSA) is 20.2 Å². The van der Waals surface area contributed by atoms with Crippen molar-refractivity contribution in [2.75, 3.05) is 0 Å². The van der Waals surface area contributed by atoms with Crippen molar-refractivity contribution >= 4 is 45.8 Å². The second-order valence-electron chi connectivity index (χ2n) is 7.04. The van der Waals surface area contributed by atoms with Crippen LogP contribution in [0.2, 0.25) is 0 Å². The maximum absolute atomic E-state index is 10.8. The van der Waals surface area contributed by atoms with E-state index >= 15 is 0 Å². The summed E-state index contributed by atoms with van der Waals surface area (Å²) >= 11 is 0. The van der Waals surface area contributed by atoms with Gasteiger partial charge in [-0.15, -0.1) is 0 Å². The molecule has 3 aromatic carbocycles. The molecule has 0 saturated carbocycles. The molecule has 0 atom stereocenters. The molecule has 0 radical (unpaired) electrons. The van der Waals surface area contributed by atoms with Gasteiger partial charge in [0, 0.05) is 10.8 Å². The first kappa shape index (κ1) is 32.4. The fourth-order valence-electron chi connectivity index (χ4n) is 4.00. The SMILES string of the molecule is C=C(C)c1c(C)ccc2c1c(=C)c(=C)c1c(C(=C)C)c(C)cc(O)c12.CC.CC.CC.CC. The molecule has 0 amide bonds. The first-order valence-electron chi connectivity index (χ1n) is 12.4. The van der Waals surface area contributed by atoms with E-state index in [0.29, 0.717) is 0 Å². The highest BCUT2D eigenvalue weighted by Gasteiger charge is 2.17. The van der Waals surface area contributed by atoms with Crippen LogP contribution in [0.25, 0.3) is 45.8 Å². The lowest BCUT2D eigenvalue weighted by Crippen LogP contribution is -2.25. The predicted molar refractivity (Wildman–Crippen MR) is 158 cm³/mol. The van der Waals surface area contributed by atoms with Gasteiger partial charge >= 0.3 is 0 Å². The third-order valence-corrected chi connectivity index (χ3v) is 5.01. The molecule has 0 unspecified atom stereocenters. The number of hydrogen-bond donors (Lipinski definition) is 1. The Labute approximate surface area is 203 Å². The van der Waals surface area contributed by atoms with E-state index in [9.17, 15) is 5.11 Å². The predicted octanol–water partition coefficient (Wildman–Crippen LogP) is 9.31. The summed E-state index contributed by atoms with van der Waals surface area (Å²) in [5.74, 6) is 0.268. The Bertz CT molecular complexity index is 1190. The van der Waals surface area contributed by atoms with Gasteiger partial charge in [-0.1, -0.05) is 105 Å². The van der Waals surface area contributed by atoms with Crippen LogP contribution in [-0.4, -0.2) is 5.11 Å². The Morgan fingerprint density at radius 2 is 1.03 bits per heavy atom. The summed E-state index contributed by atoms with van der Waals surface area (Å²) in [6.07, 6.45) is 0. The van der Waals surface area contributed by atoms with Gasteiger partial charge in [0.15, 0.2) is 0 Å². The van der Waals surface area contributed by atoms with Gasteiger partial charge in [0.05, 0.1) is 0 Å². The number of fused-ring (bicyclic) bond motifs is 3. The number of aromatic hydroxyl groups is 1. The van der Waals surface area contributed by atoms with Gasteiger partial charge in [-0.25, -0.2) is 0 Å². The molecule has 3 rings (SSSR count). The molecule has 0 bridgehead atoms. The minimum Gasteiger partial charge on any atom is -0.507 e. The molecule has 0 spiro atoms. The number of phenolic OH excluding ortho intramolecular Hbond substituents is 1. The zero-order valence-corrected chi connectivity index (χ0v) is 23.5. The highest BCUT2D eigenvalue weighted by molar-refractivity contribution is 6.16. The fourth-order valence-corrected chi connectivity index (χ4v) is 4.00. The quantitative estimate of drug-likeness (QED) is 0.387. The van der Waals surface area contributed by atoms with Crippen LogP contribution in [0.15, 0.2) is 31.4 Å². The van der Waals surface area contributed by atoms with E-state index < -0.39 is 0 Å². The molecule has 0 aliphatic carbocycles. The summed E-state index contributed by atoms with van der Waals surface area (Å²) in [5, 5.41) is 16.3. The van der Waals surface area contributed by atoms with Crippen LogP contribution in [0.5, 0.6) is 5.75 Å². The van der Waals surface area contributed by atoms with Gasteiger partial charge in [0.1, 0.15) is 5.75 Å². The molecule has 0 fully saturated rings. The van der Waals surface area contributed by atoms with Crippen LogP contribution in [0.1, 0.15) is 91.5 Å². The number of aryl methyl sites for hydroxylation is 2. The normalized spacial score (nSPS) is 9.21. The molecule has 3 aromatic rings. The highest BCUT2D eigenvalue weighted by atomic mass is 16.3. The number of hydrogen-bond acceptors (Lipinski definition) is 1. The minimum atomic E-state index is 0.268. The van der Waals surface area contributed by atoms with Crippen LogP contribution >= 0.6 is 0 Å². The molecular weight excluding hydrogens is 400 g/mol. The molecule has 1 heteroatoms.